The van der Waals surface area contributed by atoms with Gasteiger partial charge >= 0.3 is 0 Å². The molecule has 0 aliphatic rings. The maximum Gasteiger partial charge on any atom is 0.175 e. The van der Waals surface area contributed by atoms with E-state index in [-0.39, 0.29) is 12.4 Å². The van der Waals surface area contributed by atoms with Crippen LogP contribution >= 0.6 is 22.6 Å². The quantitative estimate of drug-likeness (QED) is 0.333. The summed E-state index contributed by atoms with van der Waals surface area (Å²) in [6.07, 6.45) is 1.31. The van der Waals surface area contributed by atoms with Crippen molar-refractivity contribution in [3.05, 3.63) is 56.9 Å². The molecule has 0 amide bonds. The topological polar surface area (TPSA) is 51.0 Å². The van der Waals surface area contributed by atoms with Gasteiger partial charge in [0.2, 0.25) is 0 Å². The van der Waals surface area contributed by atoms with Gasteiger partial charge in [-0.1, -0.05) is 23.4 Å². The van der Waals surface area contributed by atoms with Crippen molar-refractivity contribution in [1.82, 2.24) is 0 Å². The lowest BCUT2D eigenvalue weighted by Crippen LogP contribution is -2.03. The van der Waals surface area contributed by atoms with Gasteiger partial charge in [-0.25, -0.2) is 4.39 Å². The predicted molar refractivity (Wildman–Crippen MR) is 90.4 cm³/mol. The Morgan fingerprint density at radius 2 is 2.05 bits per heavy atom. The van der Waals surface area contributed by atoms with Gasteiger partial charge in [-0.05, 0) is 47.7 Å². The van der Waals surface area contributed by atoms with Crippen LogP contribution in [0.5, 0.6) is 11.5 Å². The average Bonchev–Trinajstić information content (AvgIpc) is 2.49. The third-order valence-corrected chi connectivity index (χ3v) is 3.67. The first-order chi connectivity index (χ1) is 10.7. The Labute approximate surface area is 141 Å². The van der Waals surface area contributed by atoms with E-state index in [0.717, 1.165) is 3.57 Å². The molecule has 0 unspecified atom stereocenters. The Kier molecular flexibility index (Phi) is 6.00. The monoisotopic (exact) mass is 415 g/mol. The fourth-order valence-electron chi connectivity index (χ4n) is 1.90. The van der Waals surface area contributed by atoms with E-state index in [1.807, 2.05) is 6.92 Å². The molecule has 6 heteroatoms. The number of oxime groups is 1. The van der Waals surface area contributed by atoms with Crippen LogP contribution in [0.25, 0.3) is 0 Å². The van der Waals surface area contributed by atoms with Crippen LogP contribution in [0.15, 0.2) is 41.6 Å². The number of rotatable bonds is 6. The highest BCUT2D eigenvalue weighted by Gasteiger charge is 2.13. The Morgan fingerprint density at radius 3 is 2.73 bits per heavy atom. The maximum absolute atomic E-state index is 13.6. The van der Waals surface area contributed by atoms with Crippen molar-refractivity contribution in [1.29, 1.82) is 0 Å². The van der Waals surface area contributed by atoms with Crippen molar-refractivity contribution in [2.45, 2.75) is 13.5 Å². The van der Waals surface area contributed by atoms with Gasteiger partial charge < -0.3 is 14.7 Å². The molecule has 0 aliphatic carbocycles. The van der Waals surface area contributed by atoms with Crippen molar-refractivity contribution in [3.63, 3.8) is 0 Å². The first-order valence-corrected chi connectivity index (χ1v) is 7.73. The molecule has 2 rings (SSSR count). The van der Waals surface area contributed by atoms with E-state index >= 15 is 0 Å². The summed E-state index contributed by atoms with van der Waals surface area (Å²) < 4.78 is 25.7. The highest BCUT2D eigenvalue weighted by molar-refractivity contribution is 14.1. The molecule has 0 atom stereocenters. The number of hydrogen-bond acceptors (Lipinski definition) is 4. The third-order valence-electron chi connectivity index (χ3n) is 2.87. The second kappa shape index (κ2) is 7.98. The van der Waals surface area contributed by atoms with Crippen LogP contribution in [-0.2, 0) is 6.61 Å². The first kappa shape index (κ1) is 16.5. The van der Waals surface area contributed by atoms with Gasteiger partial charge in [0.05, 0.1) is 16.4 Å². The van der Waals surface area contributed by atoms with E-state index in [2.05, 4.69) is 27.7 Å². The van der Waals surface area contributed by atoms with E-state index in [1.54, 1.807) is 30.3 Å². The van der Waals surface area contributed by atoms with Crippen LogP contribution in [0.4, 0.5) is 4.39 Å². The molecule has 0 heterocycles. The van der Waals surface area contributed by atoms with Gasteiger partial charge in [0.25, 0.3) is 0 Å². The molecule has 0 saturated carbocycles. The Balaban J connectivity index is 2.27. The largest absolute Gasteiger partial charge is 0.490 e. The smallest absolute Gasteiger partial charge is 0.175 e. The van der Waals surface area contributed by atoms with Crippen molar-refractivity contribution in [2.75, 3.05) is 6.61 Å². The zero-order valence-corrected chi connectivity index (χ0v) is 14.1. The molecule has 116 valence electrons. The second-order valence-electron chi connectivity index (χ2n) is 4.39. The first-order valence-electron chi connectivity index (χ1n) is 6.65. The van der Waals surface area contributed by atoms with Gasteiger partial charge in [0.1, 0.15) is 12.4 Å². The summed E-state index contributed by atoms with van der Waals surface area (Å²) in [5, 5.41) is 11.6. The minimum absolute atomic E-state index is 0.107. The molecule has 22 heavy (non-hydrogen) atoms. The fraction of sp³-hybridized carbons (Fsp3) is 0.188. The third kappa shape index (κ3) is 4.09. The Morgan fingerprint density at radius 1 is 1.27 bits per heavy atom. The summed E-state index contributed by atoms with van der Waals surface area (Å²) >= 11 is 2.10. The van der Waals surface area contributed by atoms with E-state index in [9.17, 15) is 4.39 Å². The van der Waals surface area contributed by atoms with Gasteiger partial charge in [-0.15, -0.1) is 0 Å². The summed E-state index contributed by atoms with van der Waals surface area (Å²) in [5.74, 6) is 0.765. The van der Waals surface area contributed by atoms with E-state index in [1.165, 1.54) is 12.3 Å². The number of ether oxygens (including phenoxy) is 2. The van der Waals surface area contributed by atoms with Gasteiger partial charge in [0.15, 0.2) is 11.5 Å². The maximum atomic E-state index is 13.6. The molecule has 0 saturated heterocycles. The van der Waals surface area contributed by atoms with E-state index in [0.29, 0.717) is 29.2 Å². The summed E-state index contributed by atoms with van der Waals surface area (Å²) in [4.78, 5) is 0. The molecular weight excluding hydrogens is 400 g/mol. The second-order valence-corrected chi connectivity index (χ2v) is 5.55. The molecule has 4 nitrogen and oxygen atoms in total. The molecule has 2 aromatic carbocycles. The minimum Gasteiger partial charge on any atom is -0.490 e. The lowest BCUT2D eigenvalue weighted by Gasteiger charge is -2.15. The van der Waals surface area contributed by atoms with E-state index in [4.69, 9.17) is 14.7 Å². The molecule has 0 fully saturated rings. The normalized spacial score (nSPS) is 10.9. The predicted octanol–water partition coefficient (Wildman–Crippen LogP) is 4.22. The van der Waals surface area contributed by atoms with Crippen LogP contribution < -0.4 is 9.47 Å². The standard InChI is InChI=1S/C16H15FINO3/c1-2-21-15-8-11(9-19-20)7-14(18)16(15)22-10-12-5-3-4-6-13(12)17/h3-9,20H,2,10H2,1H3/b19-9-. The zero-order chi connectivity index (χ0) is 15.9. The van der Waals surface area contributed by atoms with Crippen LogP contribution in [0.1, 0.15) is 18.1 Å². The van der Waals surface area contributed by atoms with Crippen LogP contribution in [0.3, 0.4) is 0 Å². The highest BCUT2D eigenvalue weighted by Crippen LogP contribution is 2.34. The lowest BCUT2D eigenvalue weighted by atomic mass is 10.2. The van der Waals surface area contributed by atoms with Gasteiger partial charge in [-0.2, -0.15) is 0 Å². The molecule has 2 aromatic rings. The molecule has 1 N–H and O–H groups in total. The number of hydrogen-bond donors (Lipinski definition) is 1. The molecule has 0 bridgehead atoms. The van der Waals surface area contributed by atoms with Gasteiger partial charge in [0, 0.05) is 11.1 Å². The summed E-state index contributed by atoms with van der Waals surface area (Å²) in [7, 11) is 0. The average molecular weight is 415 g/mol. The van der Waals surface area contributed by atoms with Crippen LogP contribution in [0.2, 0.25) is 0 Å². The van der Waals surface area contributed by atoms with Gasteiger partial charge in [-0.3, -0.25) is 0 Å². The van der Waals surface area contributed by atoms with Crippen LogP contribution in [0, 0.1) is 9.39 Å². The molecule has 0 spiro atoms. The van der Waals surface area contributed by atoms with Crippen LogP contribution in [-0.4, -0.2) is 18.0 Å². The SMILES string of the molecule is CCOc1cc(/C=N\O)cc(I)c1OCc1ccccc1F. The van der Waals surface area contributed by atoms with E-state index < -0.39 is 0 Å². The number of benzene rings is 2. The summed E-state index contributed by atoms with van der Waals surface area (Å²) in [6, 6.07) is 9.97. The molecule has 0 aliphatic heterocycles. The number of halogens is 2. The Bertz CT molecular complexity index is 676. The van der Waals surface area contributed by atoms with Crippen molar-refractivity contribution < 1.29 is 19.1 Å². The Hall–Kier alpha value is -1.83. The van der Waals surface area contributed by atoms with Crippen molar-refractivity contribution in [2.24, 2.45) is 5.16 Å². The zero-order valence-electron chi connectivity index (χ0n) is 11.9. The highest BCUT2D eigenvalue weighted by atomic mass is 127. The van der Waals surface area contributed by atoms with Crippen molar-refractivity contribution in [3.8, 4) is 11.5 Å². The minimum atomic E-state index is -0.306. The molecule has 0 radical (unpaired) electrons. The number of nitrogens with zero attached hydrogens (tertiary/aromatic N) is 1. The summed E-state index contributed by atoms with van der Waals surface area (Å²) in [6.45, 7) is 2.43. The molecule has 0 aromatic heterocycles. The molecular formula is C16H15FINO3. The lowest BCUT2D eigenvalue weighted by molar-refractivity contribution is 0.264. The summed E-state index contributed by atoms with van der Waals surface area (Å²) in [5.41, 5.74) is 1.16. The van der Waals surface area contributed by atoms with Crippen molar-refractivity contribution >= 4 is 28.8 Å². The fourth-order valence-corrected chi connectivity index (χ4v) is 2.68.